The Bertz CT molecular complexity index is 259. The lowest BCUT2D eigenvalue weighted by atomic mass is 10.00. The highest BCUT2D eigenvalue weighted by Gasteiger charge is 2.21. The van der Waals surface area contributed by atoms with Crippen molar-refractivity contribution in [3.63, 3.8) is 0 Å². The lowest BCUT2D eigenvalue weighted by Crippen LogP contribution is -2.47. The molecule has 16 heavy (non-hydrogen) atoms. The maximum atomic E-state index is 11.8. The fraction of sp³-hybridized carbons (Fsp3) is 0.818. The fourth-order valence-corrected chi connectivity index (χ4v) is 1.89. The van der Waals surface area contributed by atoms with Crippen molar-refractivity contribution in [2.24, 2.45) is 11.7 Å². The first-order chi connectivity index (χ1) is 7.49. The Labute approximate surface area is 96.9 Å². The van der Waals surface area contributed by atoms with Gasteiger partial charge in [-0.05, 0) is 25.7 Å². The molecule has 5 nitrogen and oxygen atoms in total. The van der Waals surface area contributed by atoms with Crippen molar-refractivity contribution in [3.8, 4) is 0 Å². The summed E-state index contributed by atoms with van der Waals surface area (Å²) in [5.41, 5.74) is 5.28. The average Bonchev–Trinajstić information content (AvgIpc) is 2.16. The van der Waals surface area contributed by atoms with E-state index in [9.17, 15) is 4.79 Å². The van der Waals surface area contributed by atoms with E-state index < -0.39 is 0 Å². The van der Waals surface area contributed by atoms with E-state index in [1.165, 1.54) is 0 Å². The average molecular weight is 226 g/mol. The Kier molecular flexibility index (Phi) is 4.58. The van der Waals surface area contributed by atoms with Crippen molar-refractivity contribution in [3.05, 3.63) is 0 Å². The minimum atomic E-state index is -0.0654. The van der Waals surface area contributed by atoms with Crippen LogP contribution in [-0.4, -0.2) is 35.9 Å². The number of likely N-dealkylation sites (tertiary alicyclic amines) is 1. The van der Waals surface area contributed by atoms with Gasteiger partial charge in [0.25, 0.3) is 0 Å². The summed E-state index contributed by atoms with van der Waals surface area (Å²) in [5, 5.41) is 10.0. The maximum absolute atomic E-state index is 11.8. The summed E-state index contributed by atoms with van der Waals surface area (Å²) in [7, 11) is 0. The molecule has 1 atom stereocenters. The van der Waals surface area contributed by atoms with Crippen molar-refractivity contribution in [1.29, 1.82) is 5.41 Å². The van der Waals surface area contributed by atoms with Crippen LogP contribution in [0.1, 0.15) is 33.1 Å². The van der Waals surface area contributed by atoms with Crippen LogP contribution in [0.3, 0.4) is 0 Å². The molecular weight excluding hydrogens is 204 g/mol. The van der Waals surface area contributed by atoms with E-state index in [0.717, 1.165) is 31.8 Å². The topological polar surface area (TPSA) is 82.2 Å². The maximum Gasteiger partial charge on any atom is 0.317 e. The molecule has 1 aliphatic rings. The molecule has 0 radical (unpaired) electrons. The molecule has 0 aromatic carbocycles. The molecule has 5 heteroatoms. The number of carbonyl (C=O) groups is 1. The number of nitrogens with zero attached hydrogens (tertiary/aromatic N) is 1. The Balaban J connectivity index is 2.32. The molecule has 0 aliphatic carbocycles. The van der Waals surface area contributed by atoms with Gasteiger partial charge in [-0.2, -0.15) is 0 Å². The van der Waals surface area contributed by atoms with E-state index in [1.54, 1.807) is 0 Å². The van der Waals surface area contributed by atoms with Gasteiger partial charge < -0.3 is 16.0 Å². The van der Waals surface area contributed by atoms with Crippen LogP contribution in [0.2, 0.25) is 0 Å². The van der Waals surface area contributed by atoms with Gasteiger partial charge in [-0.15, -0.1) is 0 Å². The molecule has 1 unspecified atom stereocenters. The highest BCUT2D eigenvalue weighted by atomic mass is 16.2. The minimum absolute atomic E-state index is 0.0272. The number of nitrogens with one attached hydrogen (secondary N) is 2. The van der Waals surface area contributed by atoms with Gasteiger partial charge in [0.2, 0.25) is 0 Å². The molecule has 1 saturated heterocycles. The van der Waals surface area contributed by atoms with E-state index in [2.05, 4.69) is 12.2 Å². The fourth-order valence-electron chi connectivity index (χ4n) is 1.89. The largest absolute Gasteiger partial charge is 0.388 e. The van der Waals surface area contributed by atoms with Gasteiger partial charge in [0.1, 0.15) is 0 Å². The molecule has 0 spiro atoms. The molecule has 1 rings (SSSR count). The number of piperidine rings is 1. The Morgan fingerprint density at radius 1 is 1.56 bits per heavy atom. The SMILES string of the molecule is CC1CCN(C(=O)NC(C)CC(=N)N)CC1. The third-order valence-electron chi connectivity index (χ3n) is 2.97. The van der Waals surface area contributed by atoms with Gasteiger partial charge in [-0.3, -0.25) is 5.41 Å². The number of hydrogen-bond donors (Lipinski definition) is 3. The number of amides is 2. The van der Waals surface area contributed by atoms with Crippen molar-refractivity contribution >= 4 is 11.9 Å². The van der Waals surface area contributed by atoms with E-state index in [4.69, 9.17) is 11.1 Å². The monoisotopic (exact) mass is 226 g/mol. The smallest absolute Gasteiger partial charge is 0.317 e. The normalized spacial score (nSPS) is 19.2. The predicted octanol–water partition coefficient (Wildman–Crippen LogP) is 1.14. The second-order valence-corrected chi connectivity index (χ2v) is 4.75. The third kappa shape index (κ3) is 4.08. The molecule has 1 fully saturated rings. The molecule has 4 N–H and O–H groups in total. The van der Waals surface area contributed by atoms with E-state index in [1.807, 2.05) is 11.8 Å². The van der Waals surface area contributed by atoms with Crippen LogP contribution in [0.5, 0.6) is 0 Å². The van der Waals surface area contributed by atoms with Crippen LogP contribution >= 0.6 is 0 Å². The standard InChI is InChI=1S/C11H22N4O/c1-8-3-5-15(6-4-8)11(16)14-9(2)7-10(12)13/h8-9H,3-7H2,1-2H3,(H3,12,13)(H,14,16). The summed E-state index contributed by atoms with van der Waals surface area (Å²) < 4.78 is 0. The summed E-state index contributed by atoms with van der Waals surface area (Å²) in [5.74, 6) is 0.832. The molecule has 1 heterocycles. The van der Waals surface area contributed by atoms with Crippen LogP contribution < -0.4 is 11.1 Å². The van der Waals surface area contributed by atoms with Gasteiger partial charge in [0, 0.05) is 25.6 Å². The van der Waals surface area contributed by atoms with Gasteiger partial charge in [0.05, 0.1) is 5.84 Å². The van der Waals surface area contributed by atoms with Gasteiger partial charge in [0.15, 0.2) is 0 Å². The van der Waals surface area contributed by atoms with Crippen LogP contribution in [0.15, 0.2) is 0 Å². The number of rotatable bonds is 3. The van der Waals surface area contributed by atoms with Crippen molar-refractivity contribution in [2.75, 3.05) is 13.1 Å². The van der Waals surface area contributed by atoms with Crippen molar-refractivity contribution in [2.45, 2.75) is 39.2 Å². The van der Waals surface area contributed by atoms with E-state index >= 15 is 0 Å². The summed E-state index contributed by atoms with van der Waals surface area (Å²) >= 11 is 0. The summed E-state index contributed by atoms with van der Waals surface area (Å²) in [6.45, 7) is 5.75. The molecule has 1 aliphatic heterocycles. The predicted molar refractivity (Wildman–Crippen MR) is 64.5 cm³/mol. The number of carbonyl (C=O) groups excluding carboxylic acids is 1. The quantitative estimate of drug-likeness (QED) is 0.498. The third-order valence-corrected chi connectivity index (χ3v) is 2.97. The number of amidine groups is 1. The first-order valence-corrected chi connectivity index (χ1v) is 5.87. The van der Waals surface area contributed by atoms with E-state index in [-0.39, 0.29) is 17.9 Å². The molecule has 0 saturated carbocycles. The Morgan fingerprint density at radius 2 is 2.12 bits per heavy atom. The van der Waals surface area contributed by atoms with Crippen LogP contribution in [-0.2, 0) is 0 Å². The van der Waals surface area contributed by atoms with Gasteiger partial charge in [-0.25, -0.2) is 4.79 Å². The zero-order chi connectivity index (χ0) is 12.1. The van der Waals surface area contributed by atoms with Crippen molar-refractivity contribution < 1.29 is 4.79 Å². The number of hydrogen-bond acceptors (Lipinski definition) is 2. The lowest BCUT2D eigenvalue weighted by Gasteiger charge is -2.31. The Hall–Kier alpha value is -1.26. The van der Waals surface area contributed by atoms with Crippen molar-refractivity contribution in [1.82, 2.24) is 10.2 Å². The first-order valence-electron chi connectivity index (χ1n) is 5.87. The molecule has 0 aromatic rings. The summed E-state index contributed by atoms with van der Waals surface area (Å²) in [4.78, 5) is 13.6. The molecule has 92 valence electrons. The first kappa shape index (κ1) is 12.8. The van der Waals surface area contributed by atoms with Crippen LogP contribution in [0.4, 0.5) is 4.79 Å². The number of nitrogens with two attached hydrogens (primary N) is 1. The van der Waals surface area contributed by atoms with E-state index in [0.29, 0.717) is 6.42 Å². The van der Waals surface area contributed by atoms with Crippen LogP contribution in [0, 0.1) is 11.3 Å². The number of urea groups is 1. The zero-order valence-corrected chi connectivity index (χ0v) is 10.1. The second kappa shape index (κ2) is 5.72. The minimum Gasteiger partial charge on any atom is -0.388 e. The highest BCUT2D eigenvalue weighted by molar-refractivity contribution is 5.79. The molecule has 2 amide bonds. The summed E-state index contributed by atoms with van der Waals surface area (Å²) in [6.07, 6.45) is 2.57. The Morgan fingerprint density at radius 3 is 2.62 bits per heavy atom. The summed E-state index contributed by atoms with van der Waals surface area (Å²) in [6, 6.07) is -0.0926. The molecule has 0 aromatic heterocycles. The molecular formula is C11H22N4O. The van der Waals surface area contributed by atoms with Crippen LogP contribution in [0.25, 0.3) is 0 Å². The second-order valence-electron chi connectivity index (χ2n) is 4.75. The van der Waals surface area contributed by atoms with Gasteiger partial charge >= 0.3 is 6.03 Å². The highest BCUT2D eigenvalue weighted by Crippen LogP contribution is 2.15. The molecule has 0 bridgehead atoms. The van der Waals surface area contributed by atoms with Gasteiger partial charge in [-0.1, -0.05) is 6.92 Å². The lowest BCUT2D eigenvalue weighted by molar-refractivity contribution is 0.171. The zero-order valence-electron chi connectivity index (χ0n) is 10.1.